The van der Waals surface area contributed by atoms with Crippen molar-refractivity contribution < 1.29 is 9.84 Å². The van der Waals surface area contributed by atoms with Crippen LogP contribution in [0.1, 0.15) is 25.0 Å². The first-order valence-electron chi connectivity index (χ1n) is 7.27. The Kier molecular flexibility index (Phi) is 4.28. The maximum Gasteiger partial charge on any atom is 0.152 e. The number of nitrogens with zero attached hydrogens (tertiary/aromatic N) is 3. The molecular formula is C15H20BrN3O2. The van der Waals surface area contributed by atoms with Crippen molar-refractivity contribution >= 4 is 21.7 Å². The molecule has 2 aliphatic rings. The van der Waals surface area contributed by atoms with Crippen molar-refractivity contribution in [3.8, 4) is 0 Å². The molecule has 114 valence electrons. The summed E-state index contributed by atoms with van der Waals surface area (Å²) in [6.07, 6.45) is 7.04. The summed E-state index contributed by atoms with van der Waals surface area (Å²) in [6.45, 7) is 6.42. The van der Waals surface area contributed by atoms with Crippen LogP contribution in [0.5, 0.6) is 0 Å². The smallest absolute Gasteiger partial charge is 0.152 e. The van der Waals surface area contributed by atoms with Crippen molar-refractivity contribution in [3.05, 3.63) is 29.1 Å². The summed E-state index contributed by atoms with van der Waals surface area (Å²) < 4.78 is 6.44. The molecule has 0 aliphatic carbocycles. The number of aliphatic hydroxyl groups is 1. The standard InChI is InChI=1S/C15H20BrN3O2/c1-2-11-7-15(10-21-11)3-5-19(6-4-15)14-12(9-20)18-13(16)8-17-14/h2,8,11,20H,1,3-7,9-10H2/t11-/m0/s1. The van der Waals surface area contributed by atoms with Gasteiger partial charge in [-0.1, -0.05) is 6.08 Å². The second kappa shape index (κ2) is 6.02. The van der Waals surface area contributed by atoms with Crippen molar-refractivity contribution in [2.45, 2.75) is 32.0 Å². The summed E-state index contributed by atoms with van der Waals surface area (Å²) in [6, 6.07) is 0. The van der Waals surface area contributed by atoms with Crippen LogP contribution < -0.4 is 4.90 Å². The highest BCUT2D eigenvalue weighted by Crippen LogP contribution is 2.43. The Hall–Kier alpha value is -0.980. The van der Waals surface area contributed by atoms with Gasteiger partial charge in [-0.25, -0.2) is 9.97 Å². The number of ether oxygens (including phenoxy) is 1. The van der Waals surface area contributed by atoms with Gasteiger partial charge >= 0.3 is 0 Å². The molecule has 1 aromatic rings. The lowest BCUT2D eigenvalue weighted by Gasteiger charge is -2.39. The van der Waals surface area contributed by atoms with Crippen LogP contribution in [-0.4, -0.2) is 40.9 Å². The second-order valence-electron chi connectivity index (χ2n) is 5.90. The van der Waals surface area contributed by atoms with Crippen LogP contribution in [0.4, 0.5) is 5.82 Å². The largest absolute Gasteiger partial charge is 0.390 e. The minimum atomic E-state index is -0.0922. The van der Waals surface area contributed by atoms with Crippen molar-refractivity contribution in [3.63, 3.8) is 0 Å². The highest BCUT2D eigenvalue weighted by molar-refractivity contribution is 9.10. The van der Waals surface area contributed by atoms with E-state index in [-0.39, 0.29) is 18.1 Å². The Morgan fingerprint density at radius 2 is 2.29 bits per heavy atom. The molecule has 1 N–H and O–H groups in total. The lowest BCUT2D eigenvalue weighted by molar-refractivity contribution is 0.109. The molecule has 21 heavy (non-hydrogen) atoms. The molecule has 6 heteroatoms. The van der Waals surface area contributed by atoms with E-state index in [1.165, 1.54) is 0 Å². The van der Waals surface area contributed by atoms with E-state index in [1.807, 2.05) is 6.08 Å². The van der Waals surface area contributed by atoms with E-state index in [4.69, 9.17) is 4.74 Å². The molecule has 1 atom stereocenters. The highest BCUT2D eigenvalue weighted by atomic mass is 79.9. The van der Waals surface area contributed by atoms with Crippen molar-refractivity contribution in [2.24, 2.45) is 5.41 Å². The maximum atomic E-state index is 9.46. The van der Waals surface area contributed by atoms with Gasteiger partial charge in [0.05, 0.1) is 25.5 Å². The molecule has 5 nitrogen and oxygen atoms in total. The van der Waals surface area contributed by atoms with E-state index in [9.17, 15) is 5.11 Å². The van der Waals surface area contributed by atoms with Gasteiger partial charge in [0.2, 0.25) is 0 Å². The lowest BCUT2D eigenvalue weighted by Crippen LogP contribution is -2.41. The molecule has 2 aliphatic heterocycles. The van der Waals surface area contributed by atoms with Crippen LogP contribution in [0, 0.1) is 5.41 Å². The summed E-state index contributed by atoms with van der Waals surface area (Å²) in [5.41, 5.74) is 0.921. The van der Waals surface area contributed by atoms with Crippen LogP contribution in [0.25, 0.3) is 0 Å². The first-order valence-corrected chi connectivity index (χ1v) is 8.06. The number of anilines is 1. The number of aliphatic hydroxyl groups excluding tert-OH is 1. The first-order chi connectivity index (χ1) is 10.2. The van der Waals surface area contributed by atoms with E-state index >= 15 is 0 Å². The van der Waals surface area contributed by atoms with Crippen LogP contribution in [0.3, 0.4) is 0 Å². The van der Waals surface area contributed by atoms with Gasteiger partial charge in [-0.2, -0.15) is 0 Å². The average Bonchev–Trinajstić information content (AvgIpc) is 2.91. The number of aromatic nitrogens is 2. The number of halogens is 1. The number of hydrogen-bond acceptors (Lipinski definition) is 5. The van der Waals surface area contributed by atoms with Gasteiger partial charge in [0, 0.05) is 13.1 Å². The van der Waals surface area contributed by atoms with Gasteiger partial charge in [-0.15, -0.1) is 6.58 Å². The zero-order valence-electron chi connectivity index (χ0n) is 12.0. The molecule has 0 unspecified atom stereocenters. The van der Waals surface area contributed by atoms with Gasteiger partial charge in [0.1, 0.15) is 10.3 Å². The summed E-state index contributed by atoms with van der Waals surface area (Å²) in [7, 11) is 0. The predicted molar refractivity (Wildman–Crippen MR) is 84.1 cm³/mol. The fourth-order valence-electron chi connectivity index (χ4n) is 3.29. The zero-order chi connectivity index (χ0) is 14.9. The molecule has 2 saturated heterocycles. The monoisotopic (exact) mass is 353 g/mol. The quantitative estimate of drug-likeness (QED) is 0.844. The van der Waals surface area contributed by atoms with Gasteiger partial charge in [0.15, 0.2) is 5.82 Å². The third-order valence-electron chi connectivity index (χ3n) is 4.57. The summed E-state index contributed by atoms with van der Waals surface area (Å²) in [5.74, 6) is 0.801. The fourth-order valence-corrected chi connectivity index (χ4v) is 3.60. The highest BCUT2D eigenvalue weighted by Gasteiger charge is 2.41. The summed E-state index contributed by atoms with van der Waals surface area (Å²) in [4.78, 5) is 11.0. The van der Waals surface area contributed by atoms with Crippen LogP contribution in [0.2, 0.25) is 0 Å². The molecule has 0 amide bonds. The van der Waals surface area contributed by atoms with Crippen LogP contribution >= 0.6 is 15.9 Å². The Labute approximate surface area is 133 Å². The van der Waals surface area contributed by atoms with E-state index in [2.05, 4.69) is 37.4 Å². The van der Waals surface area contributed by atoms with Gasteiger partial charge < -0.3 is 14.7 Å². The van der Waals surface area contributed by atoms with Gasteiger partial charge in [-0.05, 0) is 40.6 Å². The third-order valence-corrected chi connectivity index (χ3v) is 4.95. The lowest BCUT2D eigenvalue weighted by atomic mass is 9.76. The number of piperidine rings is 1. The molecular weight excluding hydrogens is 334 g/mol. The van der Waals surface area contributed by atoms with Crippen LogP contribution in [-0.2, 0) is 11.3 Å². The van der Waals surface area contributed by atoms with Crippen molar-refractivity contribution in [1.29, 1.82) is 0 Å². The topological polar surface area (TPSA) is 58.5 Å². The predicted octanol–water partition coefficient (Wildman–Crippen LogP) is 2.29. The van der Waals surface area contributed by atoms with E-state index in [0.717, 1.165) is 44.8 Å². The number of hydrogen-bond donors (Lipinski definition) is 1. The van der Waals surface area contributed by atoms with E-state index < -0.39 is 0 Å². The number of rotatable bonds is 3. The molecule has 1 spiro atoms. The molecule has 2 fully saturated rings. The molecule has 0 radical (unpaired) electrons. The normalized spacial score (nSPS) is 24.5. The SMILES string of the molecule is C=C[C@H]1CC2(CCN(c3ncc(Br)nc3CO)CC2)CO1. The molecule has 3 heterocycles. The Morgan fingerprint density at radius 1 is 1.52 bits per heavy atom. The van der Waals surface area contributed by atoms with Crippen molar-refractivity contribution in [2.75, 3.05) is 24.6 Å². The summed E-state index contributed by atoms with van der Waals surface area (Å²) in [5, 5.41) is 9.46. The van der Waals surface area contributed by atoms with Crippen LogP contribution in [0.15, 0.2) is 23.5 Å². The molecule has 0 bridgehead atoms. The van der Waals surface area contributed by atoms with Gasteiger partial charge in [-0.3, -0.25) is 0 Å². The van der Waals surface area contributed by atoms with E-state index in [0.29, 0.717) is 10.3 Å². The minimum absolute atomic E-state index is 0.0922. The summed E-state index contributed by atoms with van der Waals surface area (Å²) >= 11 is 3.30. The Morgan fingerprint density at radius 3 is 2.90 bits per heavy atom. The second-order valence-corrected chi connectivity index (χ2v) is 6.71. The Balaban J connectivity index is 1.70. The molecule has 3 rings (SSSR count). The van der Waals surface area contributed by atoms with Gasteiger partial charge in [0.25, 0.3) is 0 Å². The molecule has 1 aromatic heterocycles. The fraction of sp³-hybridized carbons (Fsp3) is 0.600. The maximum absolute atomic E-state index is 9.46. The molecule has 0 saturated carbocycles. The average molecular weight is 354 g/mol. The third kappa shape index (κ3) is 2.98. The Bertz CT molecular complexity index is 530. The zero-order valence-corrected chi connectivity index (χ0v) is 13.5. The minimum Gasteiger partial charge on any atom is -0.390 e. The molecule has 0 aromatic carbocycles. The van der Waals surface area contributed by atoms with Crippen molar-refractivity contribution in [1.82, 2.24) is 9.97 Å². The van der Waals surface area contributed by atoms with E-state index in [1.54, 1.807) is 6.20 Å². The first kappa shape index (κ1) is 14.9.